The van der Waals surface area contributed by atoms with E-state index in [1.165, 1.54) is 6.92 Å². The molecule has 1 saturated heterocycles. The molecular weight excluding hydrogens is 320 g/mol. The van der Waals surface area contributed by atoms with Gasteiger partial charge in [0.25, 0.3) is 0 Å². The van der Waals surface area contributed by atoms with E-state index in [4.69, 9.17) is 34.9 Å². The summed E-state index contributed by atoms with van der Waals surface area (Å²) in [6.07, 6.45) is 0. The van der Waals surface area contributed by atoms with E-state index in [2.05, 4.69) is 10.2 Å². The molecular formula is C14H16N4O2S2. The number of nitrogens with one attached hydrogen (secondary N) is 1. The van der Waals surface area contributed by atoms with Crippen molar-refractivity contribution in [2.75, 3.05) is 29.9 Å². The molecule has 0 saturated carbocycles. The first kappa shape index (κ1) is 15.0. The zero-order valence-electron chi connectivity index (χ0n) is 12.0. The van der Waals surface area contributed by atoms with E-state index in [1.54, 1.807) is 0 Å². The number of ether oxygens (including phenoxy) is 1. The van der Waals surface area contributed by atoms with E-state index >= 15 is 0 Å². The van der Waals surface area contributed by atoms with Crippen LogP contribution in [0.5, 0.6) is 5.75 Å². The van der Waals surface area contributed by atoms with Gasteiger partial charge in [0.05, 0.1) is 23.3 Å². The fraction of sp³-hybridized carbons (Fsp3) is 0.357. The molecule has 2 aliphatic heterocycles. The van der Waals surface area contributed by atoms with Crippen molar-refractivity contribution in [3.05, 3.63) is 18.2 Å². The minimum Gasteiger partial charge on any atom is -0.489 e. The van der Waals surface area contributed by atoms with E-state index in [1.807, 2.05) is 23.1 Å². The summed E-state index contributed by atoms with van der Waals surface area (Å²) in [5.74, 6) is 0.636. The van der Waals surface area contributed by atoms with Gasteiger partial charge in [-0.05, 0) is 30.4 Å². The average molecular weight is 336 g/mol. The molecule has 22 heavy (non-hydrogen) atoms. The summed E-state index contributed by atoms with van der Waals surface area (Å²) in [4.78, 5) is 15.7. The van der Waals surface area contributed by atoms with Gasteiger partial charge in [0.2, 0.25) is 5.91 Å². The second-order valence-corrected chi connectivity index (χ2v) is 6.22. The molecule has 0 spiro atoms. The minimum atomic E-state index is -0.118. The highest BCUT2D eigenvalue weighted by Crippen LogP contribution is 2.39. The molecule has 1 aromatic carbocycles. The molecule has 3 rings (SSSR count). The van der Waals surface area contributed by atoms with E-state index in [-0.39, 0.29) is 11.9 Å². The molecule has 1 atom stereocenters. The van der Waals surface area contributed by atoms with Gasteiger partial charge in [-0.15, -0.1) is 0 Å². The van der Waals surface area contributed by atoms with Crippen LogP contribution in [-0.2, 0) is 4.79 Å². The number of fused-ring (bicyclic) bond motifs is 3. The Morgan fingerprint density at radius 2 is 2.32 bits per heavy atom. The normalized spacial score (nSPS) is 19.3. The van der Waals surface area contributed by atoms with Gasteiger partial charge in [0.15, 0.2) is 5.11 Å². The Labute approximate surface area is 139 Å². The summed E-state index contributed by atoms with van der Waals surface area (Å²) in [6.45, 7) is 3.21. The smallest absolute Gasteiger partial charge is 0.221 e. The van der Waals surface area contributed by atoms with Crippen LogP contribution in [0.4, 0.5) is 11.4 Å². The highest BCUT2D eigenvalue weighted by atomic mass is 32.1. The first-order chi connectivity index (χ1) is 10.5. The topological polar surface area (TPSA) is 70.8 Å². The van der Waals surface area contributed by atoms with Crippen LogP contribution >= 0.6 is 24.4 Å². The molecule has 0 radical (unpaired) electrons. The molecule has 6 nitrogen and oxygen atoms in total. The lowest BCUT2D eigenvalue weighted by molar-refractivity contribution is -0.114. The monoisotopic (exact) mass is 336 g/mol. The maximum absolute atomic E-state index is 11.2. The number of nitrogens with two attached hydrogens (primary N) is 1. The van der Waals surface area contributed by atoms with Crippen LogP contribution in [-0.4, -0.2) is 46.6 Å². The molecule has 0 aliphatic carbocycles. The Morgan fingerprint density at radius 3 is 3.00 bits per heavy atom. The minimum absolute atomic E-state index is 0.118. The predicted octanol–water partition coefficient (Wildman–Crippen LogP) is 1.10. The van der Waals surface area contributed by atoms with E-state index in [0.717, 1.165) is 18.0 Å². The number of hydrogen-bond donors (Lipinski definition) is 2. The fourth-order valence-corrected chi connectivity index (χ4v) is 3.31. The van der Waals surface area contributed by atoms with Crippen LogP contribution in [0, 0.1) is 0 Å². The van der Waals surface area contributed by atoms with Crippen LogP contribution in [0.2, 0.25) is 0 Å². The molecule has 0 aromatic heterocycles. The summed E-state index contributed by atoms with van der Waals surface area (Å²) in [7, 11) is 0. The van der Waals surface area contributed by atoms with E-state index < -0.39 is 0 Å². The third-order valence-electron chi connectivity index (χ3n) is 3.59. The van der Waals surface area contributed by atoms with Gasteiger partial charge in [-0.2, -0.15) is 0 Å². The summed E-state index contributed by atoms with van der Waals surface area (Å²) < 4.78 is 5.79. The lowest BCUT2D eigenvalue weighted by Gasteiger charge is -2.32. The first-order valence-electron chi connectivity index (χ1n) is 6.86. The van der Waals surface area contributed by atoms with Gasteiger partial charge < -0.3 is 25.6 Å². The Kier molecular flexibility index (Phi) is 3.88. The predicted molar refractivity (Wildman–Crippen MR) is 93.5 cm³/mol. The third kappa shape index (κ3) is 2.71. The van der Waals surface area contributed by atoms with Crippen molar-refractivity contribution < 1.29 is 9.53 Å². The van der Waals surface area contributed by atoms with Crippen molar-refractivity contribution >= 4 is 51.8 Å². The van der Waals surface area contributed by atoms with Crippen LogP contribution in [0.1, 0.15) is 6.92 Å². The number of anilines is 2. The van der Waals surface area contributed by atoms with Crippen LogP contribution in [0.3, 0.4) is 0 Å². The highest BCUT2D eigenvalue weighted by Gasteiger charge is 2.39. The van der Waals surface area contributed by atoms with Gasteiger partial charge in [-0.3, -0.25) is 4.79 Å². The molecule has 1 aromatic rings. The first-order valence-corrected chi connectivity index (χ1v) is 7.68. The second kappa shape index (κ2) is 5.69. The van der Waals surface area contributed by atoms with Crippen molar-refractivity contribution in [1.82, 2.24) is 4.90 Å². The fourth-order valence-electron chi connectivity index (χ4n) is 2.76. The standard InChI is InChI=1S/C14H16N4O2S2/c1-8(19)16-9-2-3-12-11(4-9)18-10(7-20-12)5-17(14(18)22)6-13(15)21/h2-4,10H,5-7H2,1H3,(H2,15,21)(H,16,19). The molecule has 1 amide bonds. The summed E-state index contributed by atoms with van der Waals surface area (Å²) >= 11 is 10.5. The van der Waals surface area contributed by atoms with Crippen molar-refractivity contribution in [1.29, 1.82) is 0 Å². The molecule has 1 fully saturated rings. The number of carbonyl (C=O) groups excluding carboxylic acids is 1. The van der Waals surface area contributed by atoms with Gasteiger partial charge in [0.1, 0.15) is 12.4 Å². The SMILES string of the molecule is CC(=O)Nc1ccc2c(c1)N1C(=S)N(CC(N)=S)CC1CO2. The Hall–Kier alpha value is -1.93. The van der Waals surface area contributed by atoms with Crippen molar-refractivity contribution in [2.45, 2.75) is 13.0 Å². The van der Waals surface area contributed by atoms with Gasteiger partial charge in [-0.25, -0.2) is 0 Å². The largest absolute Gasteiger partial charge is 0.489 e. The quantitative estimate of drug-likeness (QED) is 0.801. The molecule has 1 unspecified atom stereocenters. The lowest BCUT2D eigenvalue weighted by Crippen LogP contribution is -2.41. The van der Waals surface area contributed by atoms with Crippen LogP contribution in [0.15, 0.2) is 18.2 Å². The number of carbonyl (C=O) groups is 1. The molecule has 0 bridgehead atoms. The average Bonchev–Trinajstić information content (AvgIpc) is 2.74. The molecule has 2 aliphatic rings. The van der Waals surface area contributed by atoms with Gasteiger partial charge in [-0.1, -0.05) is 12.2 Å². The number of thiocarbonyl (C=S) groups is 2. The van der Waals surface area contributed by atoms with Crippen molar-refractivity contribution in [3.63, 3.8) is 0 Å². The lowest BCUT2D eigenvalue weighted by atomic mass is 10.1. The maximum Gasteiger partial charge on any atom is 0.221 e. The number of rotatable bonds is 3. The molecule has 2 heterocycles. The molecule has 116 valence electrons. The highest BCUT2D eigenvalue weighted by molar-refractivity contribution is 7.80. The van der Waals surface area contributed by atoms with Crippen LogP contribution < -0.4 is 20.7 Å². The van der Waals surface area contributed by atoms with E-state index in [9.17, 15) is 4.79 Å². The van der Waals surface area contributed by atoms with Gasteiger partial charge in [0, 0.05) is 19.2 Å². The van der Waals surface area contributed by atoms with Crippen molar-refractivity contribution in [3.8, 4) is 5.75 Å². The number of amides is 1. The third-order valence-corrected chi connectivity index (χ3v) is 4.17. The van der Waals surface area contributed by atoms with E-state index in [0.29, 0.717) is 28.9 Å². The summed E-state index contributed by atoms with van der Waals surface area (Å²) in [6, 6.07) is 5.66. The zero-order valence-corrected chi connectivity index (χ0v) is 13.7. The number of nitrogens with zero attached hydrogens (tertiary/aromatic N) is 2. The summed E-state index contributed by atoms with van der Waals surface area (Å²) in [5.41, 5.74) is 7.20. The maximum atomic E-state index is 11.2. The summed E-state index contributed by atoms with van der Waals surface area (Å²) in [5, 5.41) is 3.46. The van der Waals surface area contributed by atoms with Gasteiger partial charge >= 0.3 is 0 Å². The van der Waals surface area contributed by atoms with Crippen molar-refractivity contribution in [2.24, 2.45) is 5.73 Å². The zero-order chi connectivity index (χ0) is 15.9. The Morgan fingerprint density at radius 1 is 1.55 bits per heavy atom. The Balaban J connectivity index is 1.92. The Bertz CT molecular complexity index is 664. The number of hydrogen-bond acceptors (Lipinski definition) is 4. The second-order valence-electron chi connectivity index (χ2n) is 5.33. The van der Waals surface area contributed by atoms with Crippen LogP contribution in [0.25, 0.3) is 0 Å². The molecule has 8 heteroatoms. The molecule has 3 N–H and O–H groups in total. The number of benzene rings is 1.